The molecule has 0 N–H and O–H groups in total. The molecule has 0 rings (SSSR count). The highest BCUT2D eigenvalue weighted by atomic mass is 19.4. The molecule has 0 fully saturated rings. The molecule has 1 unspecified atom stereocenters. The van der Waals surface area contributed by atoms with Gasteiger partial charge in [0, 0.05) is 7.11 Å². The molecule has 0 aromatic rings. The van der Waals surface area contributed by atoms with Crippen molar-refractivity contribution in [2.24, 2.45) is 0 Å². The zero-order chi connectivity index (χ0) is 17.7. The second-order valence-electron chi connectivity index (χ2n) is 3.52. The fourth-order valence-corrected chi connectivity index (χ4v) is 0.999. The first-order valence-corrected chi connectivity index (χ1v) is 4.32. The number of methoxy groups -OCH3 is 1. The third-order valence-corrected chi connectivity index (χ3v) is 2.19. The van der Waals surface area contributed by atoms with Crippen LogP contribution in [0.25, 0.3) is 0 Å². The Bertz CT molecular complexity index is 379. The molecule has 0 aliphatic rings. The van der Waals surface area contributed by atoms with Crippen LogP contribution in [0.1, 0.15) is 0 Å². The van der Waals surface area contributed by atoms with Crippen molar-refractivity contribution < 1.29 is 61.8 Å². The van der Waals surface area contributed by atoms with Crippen LogP contribution in [0, 0.1) is 0 Å². The van der Waals surface area contributed by atoms with Crippen molar-refractivity contribution in [2.75, 3.05) is 7.11 Å². The Morgan fingerprint density at radius 3 is 1.00 bits per heavy atom. The number of ether oxygens (including phenoxy) is 1. The summed E-state index contributed by atoms with van der Waals surface area (Å²) in [6.45, 7) is 0. The molecule has 0 bridgehead atoms. The summed E-state index contributed by atoms with van der Waals surface area (Å²) < 4.78 is 162. The van der Waals surface area contributed by atoms with Gasteiger partial charge in [-0.1, -0.05) is 0 Å². The lowest BCUT2D eigenvalue weighted by Gasteiger charge is -2.40. The van der Waals surface area contributed by atoms with Gasteiger partial charge in [-0.05, 0) is 0 Å². The molecule has 21 heavy (non-hydrogen) atoms. The average molecular weight is 350 g/mol. The van der Waals surface area contributed by atoms with E-state index in [4.69, 9.17) is 0 Å². The van der Waals surface area contributed by atoms with Crippen molar-refractivity contribution in [3.8, 4) is 0 Å². The lowest BCUT2D eigenvalue weighted by atomic mass is 9.96. The molecular formula is C7H3F13O. The largest absolute Gasteiger partial charge is 0.460 e. The second-order valence-corrected chi connectivity index (χ2v) is 3.52. The molecule has 0 saturated carbocycles. The Morgan fingerprint density at radius 2 is 0.810 bits per heavy atom. The first kappa shape index (κ1) is 20.1. The van der Waals surface area contributed by atoms with Crippen LogP contribution < -0.4 is 0 Å². The van der Waals surface area contributed by atoms with E-state index < -0.39 is 43.1 Å². The Kier molecular flexibility index (Phi) is 4.56. The fourth-order valence-electron chi connectivity index (χ4n) is 0.999. The van der Waals surface area contributed by atoms with Gasteiger partial charge < -0.3 is 4.74 Å². The summed E-state index contributed by atoms with van der Waals surface area (Å²) in [7, 11) is -0.566. The van der Waals surface area contributed by atoms with Crippen LogP contribution in [0.3, 0.4) is 0 Å². The number of rotatable bonds is 4. The smallest absolute Gasteiger partial charge is 0.337 e. The van der Waals surface area contributed by atoms with Crippen LogP contribution in [0.2, 0.25) is 0 Å². The monoisotopic (exact) mass is 350 g/mol. The van der Waals surface area contributed by atoms with Crippen molar-refractivity contribution in [2.45, 2.75) is 36.0 Å². The molecule has 0 spiro atoms. The molecule has 1 nitrogen and oxygen atoms in total. The third-order valence-electron chi connectivity index (χ3n) is 2.19. The summed E-state index contributed by atoms with van der Waals surface area (Å²) in [5.74, 6) is -29.8. The summed E-state index contributed by atoms with van der Waals surface area (Å²) in [6, 6.07) is 0. The van der Waals surface area contributed by atoms with Gasteiger partial charge in [0.25, 0.3) is 0 Å². The Balaban J connectivity index is 6.24. The number of alkyl halides is 13. The van der Waals surface area contributed by atoms with E-state index in [1.807, 2.05) is 0 Å². The molecule has 0 aliphatic carbocycles. The standard InChI is InChI=1S/C7H3F13O/c1-21-5(14,7(18,19)20)3(10,11)2(8,9)4(12,13)6(15,16)17/h1H3. The second kappa shape index (κ2) is 4.78. The predicted octanol–water partition coefficient (Wildman–Crippen LogP) is 4.33. The normalized spacial score (nSPS) is 18.6. The van der Waals surface area contributed by atoms with E-state index in [2.05, 4.69) is 4.74 Å². The predicted molar refractivity (Wildman–Crippen MR) is 37.8 cm³/mol. The molecule has 1 atom stereocenters. The van der Waals surface area contributed by atoms with Crippen LogP contribution in [-0.2, 0) is 4.74 Å². The SMILES string of the molecule is COC(F)(C(F)(F)F)C(F)(F)C(F)(F)C(F)(F)C(F)(F)F. The van der Waals surface area contributed by atoms with Crippen molar-refractivity contribution in [1.82, 2.24) is 0 Å². The minimum absolute atomic E-state index is 0.566. The molecule has 0 aromatic carbocycles. The summed E-state index contributed by atoms with van der Waals surface area (Å²) in [6.07, 6.45) is -14.4. The molecule has 0 saturated heterocycles. The van der Waals surface area contributed by atoms with E-state index in [-0.39, 0.29) is 0 Å². The van der Waals surface area contributed by atoms with Gasteiger partial charge in [0.1, 0.15) is 0 Å². The molecule has 0 aliphatic heterocycles. The van der Waals surface area contributed by atoms with Gasteiger partial charge in [-0.25, -0.2) is 0 Å². The van der Waals surface area contributed by atoms with Gasteiger partial charge >= 0.3 is 36.0 Å². The van der Waals surface area contributed by atoms with E-state index in [1.54, 1.807) is 0 Å². The zero-order valence-corrected chi connectivity index (χ0v) is 9.32. The molecule has 128 valence electrons. The molecule has 0 amide bonds. The van der Waals surface area contributed by atoms with Gasteiger partial charge in [-0.2, -0.15) is 57.1 Å². The van der Waals surface area contributed by atoms with Crippen molar-refractivity contribution >= 4 is 0 Å². The Morgan fingerprint density at radius 1 is 0.476 bits per heavy atom. The summed E-state index contributed by atoms with van der Waals surface area (Å²) >= 11 is 0. The van der Waals surface area contributed by atoms with Gasteiger partial charge in [0.15, 0.2) is 0 Å². The van der Waals surface area contributed by atoms with Gasteiger partial charge in [0.2, 0.25) is 0 Å². The number of hydrogen-bond donors (Lipinski definition) is 0. The van der Waals surface area contributed by atoms with Gasteiger partial charge in [0.05, 0.1) is 0 Å². The maximum absolute atomic E-state index is 12.9. The minimum atomic E-state index is -7.79. The summed E-state index contributed by atoms with van der Waals surface area (Å²) in [5, 5.41) is 0. The molecular weight excluding hydrogens is 347 g/mol. The van der Waals surface area contributed by atoms with Crippen LogP contribution in [-0.4, -0.2) is 43.1 Å². The van der Waals surface area contributed by atoms with Gasteiger partial charge in [-0.3, -0.25) is 0 Å². The summed E-state index contributed by atoms with van der Waals surface area (Å²) in [4.78, 5) is 0. The quantitative estimate of drug-likeness (QED) is 0.686. The molecule has 14 heteroatoms. The van der Waals surface area contributed by atoms with Crippen LogP contribution in [0.4, 0.5) is 57.1 Å². The maximum atomic E-state index is 12.9. The van der Waals surface area contributed by atoms with E-state index in [0.717, 1.165) is 0 Å². The third kappa shape index (κ3) is 2.50. The minimum Gasteiger partial charge on any atom is -0.337 e. The zero-order valence-electron chi connectivity index (χ0n) is 9.32. The van der Waals surface area contributed by atoms with Crippen molar-refractivity contribution in [3.63, 3.8) is 0 Å². The van der Waals surface area contributed by atoms with E-state index in [1.165, 1.54) is 0 Å². The maximum Gasteiger partial charge on any atom is 0.460 e. The van der Waals surface area contributed by atoms with Crippen molar-refractivity contribution in [3.05, 3.63) is 0 Å². The van der Waals surface area contributed by atoms with Crippen molar-refractivity contribution in [1.29, 1.82) is 0 Å². The molecule has 0 aromatic heterocycles. The van der Waals surface area contributed by atoms with E-state index >= 15 is 0 Å². The molecule has 0 heterocycles. The van der Waals surface area contributed by atoms with E-state index in [9.17, 15) is 57.1 Å². The number of halogens is 13. The Labute approximate surface area is 106 Å². The van der Waals surface area contributed by atoms with Crippen LogP contribution in [0.15, 0.2) is 0 Å². The first-order valence-electron chi connectivity index (χ1n) is 4.32. The lowest BCUT2D eigenvalue weighted by molar-refractivity contribution is -0.469. The van der Waals surface area contributed by atoms with Gasteiger partial charge in [-0.15, -0.1) is 0 Å². The van der Waals surface area contributed by atoms with Crippen LogP contribution >= 0.6 is 0 Å². The highest BCUT2D eigenvalue weighted by molar-refractivity contribution is 5.08. The fraction of sp³-hybridized carbons (Fsp3) is 1.00. The lowest BCUT2D eigenvalue weighted by Crippen LogP contribution is -2.71. The summed E-state index contributed by atoms with van der Waals surface area (Å²) in [5.41, 5.74) is 0. The Hall–Kier alpha value is -0.950. The molecule has 0 radical (unpaired) electrons. The first-order chi connectivity index (χ1) is 8.81. The van der Waals surface area contributed by atoms with E-state index in [0.29, 0.717) is 0 Å². The highest BCUT2D eigenvalue weighted by Crippen LogP contribution is 2.60. The topological polar surface area (TPSA) is 9.23 Å². The number of hydrogen-bond acceptors (Lipinski definition) is 1. The van der Waals surface area contributed by atoms with Crippen LogP contribution in [0.5, 0.6) is 0 Å². The highest BCUT2D eigenvalue weighted by Gasteiger charge is 2.91. The average Bonchev–Trinajstić information content (AvgIpc) is 2.23.